The molecule has 2 aliphatic heterocycles. The highest BCUT2D eigenvalue weighted by Crippen LogP contribution is 2.33. The third kappa shape index (κ3) is 5.53. The molecule has 8 heteroatoms. The van der Waals surface area contributed by atoms with Crippen molar-refractivity contribution in [2.24, 2.45) is 7.05 Å². The number of fused-ring (bicyclic) bond motifs is 1. The Bertz CT molecular complexity index is 1490. The van der Waals surface area contributed by atoms with Crippen molar-refractivity contribution < 1.29 is 9.53 Å². The Hall–Kier alpha value is -3.91. The van der Waals surface area contributed by atoms with Crippen LogP contribution in [0.1, 0.15) is 42.4 Å². The number of carbonyl (C=O) groups excluding carboxylic acids is 1. The SMILES string of the molecule is C[C@@H]1C(=O)N(C)CCN1CCOc1ccc(C2CCN(c3ccc(-c4cn(C)c(=O)c5c4C=CC5)cn3)CC2)cc1. The topological polar surface area (TPSA) is 70.9 Å². The molecular weight excluding hydrogens is 514 g/mol. The molecule has 0 radical (unpaired) electrons. The van der Waals surface area contributed by atoms with Crippen LogP contribution in [-0.4, -0.2) is 77.7 Å². The van der Waals surface area contributed by atoms with Crippen LogP contribution in [-0.2, 0) is 18.3 Å². The van der Waals surface area contributed by atoms with Crippen LogP contribution >= 0.6 is 0 Å². The molecule has 0 bridgehead atoms. The standard InChI is InChI=1S/C33H39N5O3/c1-23-32(39)35(2)17-18-37(23)19-20-41-27-10-7-24(8-11-27)25-13-15-38(16-14-25)31-12-9-26(21-34-31)30-22-36(3)33(40)29-6-4-5-28(29)30/h4-5,7-12,21-23,25H,6,13-20H2,1-3H3/t23-/m1/s1. The number of hydrogen-bond acceptors (Lipinski definition) is 6. The summed E-state index contributed by atoms with van der Waals surface area (Å²) in [6.45, 7) is 6.89. The number of carbonyl (C=O) groups is 1. The van der Waals surface area contributed by atoms with E-state index in [1.165, 1.54) is 5.56 Å². The highest BCUT2D eigenvalue weighted by Gasteiger charge is 2.29. The summed E-state index contributed by atoms with van der Waals surface area (Å²) in [5.74, 6) is 2.59. The fourth-order valence-corrected chi connectivity index (χ4v) is 6.38. The number of pyridine rings is 2. The Morgan fingerprint density at radius 3 is 2.49 bits per heavy atom. The number of nitrogens with zero attached hydrogens (tertiary/aromatic N) is 5. The first-order valence-electron chi connectivity index (χ1n) is 14.7. The average molecular weight is 554 g/mol. The fraction of sp³-hybridized carbons (Fsp3) is 0.424. The van der Waals surface area contributed by atoms with Gasteiger partial charge in [-0.05, 0) is 67.5 Å². The number of amides is 1. The molecule has 2 fully saturated rings. The quantitative estimate of drug-likeness (QED) is 0.442. The molecule has 0 unspecified atom stereocenters. The molecule has 214 valence electrons. The van der Waals surface area contributed by atoms with Gasteiger partial charge >= 0.3 is 0 Å². The van der Waals surface area contributed by atoms with E-state index in [0.29, 0.717) is 18.9 Å². The van der Waals surface area contributed by atoms with E-state index in [0.717, 1.165) is 79.4 Å². The van der Waals surface area contributed by atoms with Crippen LogP contribution in [0.5, 0.6) is 5.75 Å². The van der Waals surface area contributed by atoms with Crippen LogP contribution in [0.4, 0.5) is 5.82 Å². The zero-order valence-corrected chi connectivity index (χ0v) is 24.3. The Balaban J connectivity index is 1.01. The summed E-state index contributed by atoms with van der Waals surface area (Å²) in [6.07, 6.45) is 10.8. The largest absolute Gasteiger partial charge is 0.492 e. The third-order valence-corrected chi connectivity index (χ3v) is 9.00. The Morgan fingerprint density at radius 2 is 1.76 bits per heavy atom. The molecule has 2 saturated heterocycles. The van der Waals surface area contributed by atoms with Gasteiger partial charge in [0.05, 0.1) is 6.04 Å². The van der Waals surface area contributed by atoms with Gasteiger partial charge in [-0.3, -0.25) is 14.5 Å². The van der Waals surface area contributed by atoms with Crippen molar-refractivity contribution in [3.05, 3.63) is 81.9 Å². The Kier molecular flexibility index (Phi) is 7.67. The van der Waals surface area contributed by atoms with Gasteiger partial charge in [0.15, 0.2) is 0 Å². The first-order valence-corrected chi connectivity index (χ1v) is 14.7. The lowest BCUT2D eigenvalue weighted by molar-refractivity contribution is -0.139. The van der Waals surface area contributed by atoms with E-state index in [1.807, 2.05) is 33.4 Å². The maximum Gasteiger partial charge on any atom is 0.254 e. The van der Waals surface area contributed by atoms with Crippen molar-refractivity contribution in [2.45, 2.75) is 38.1 Å². The number of likely N-dealkylation sites (N-methyl/N-ethyl adjacent to an activating group) is 1. The maximum atomic E-state index is 12.5. The number of rotatable bonds is 7. The number of allylic oxidation sites excluding steroid dienone is 1. The average Bonchev–Trinajstić information content (AvgIpc) is 3.50. The molecule has 3 aliphatic rings. The zero-order valence-electron chi connectivity index (χ0n) is 24.3. The van der Waals surface area contributed by atoms with Crippen molar-refractivity contribution in [1.82, 2.24) is 19.4 Å². The van der Waals surface area contributed by atoms with Crippen molar-refractivity contribution in [2.75, 3.05) is 51.3 Å². The Morgan fingerprint density at radius 1 is 0.976 bits per heavy atom. The van der Waals surface area contributed by atoms with Gasteiger partial charge in [0.2, 0.25) is 5.91 Å². The van der Waals surface area contributed by atoms with Crippen LogP contribution in [0.25, 0.3) is 17.2 Å². The molecule has 8 nitrogen and oxygen atoms in total. The second-order valence-electron chi connectivity index (χ2n) is 11.5. The number of anilines is 1. The zero-order chi connectivity index (χ0) is 28.5. The van der Waals surface area contributed by atoms with Gasteiger partial charge < -0.3 is 19.1 Å². The molecule has 1 amide bonds. The van der Waals surface area contributed by atoms with Crippen LogP contribution in [0.2, 0.25) is 0 Å². The number of hydrogen-bond donors (Lipinski definition) is 0. The predicted molar refractivity (Wildman–Crippen MR) is 162 cm³/mol. The molecule has 1 aliphatic carbocycles. The minimum absolute atomic E-state index is 0.0815. The van der Waals surface area contributed by atoms with Crippen molar-refractivity contribution >= 4 is 17.8 Å². The van der Waals surface area contributed by atoms with E-state index in [4.69, 9.17) is 9.72 Å². The molecule has 4 heterocycles. The van der Waals surface area contributed by atoms with Crippen LogP contribution < -0.4 is 15.2 Å². The summed E-state index contributed by atoms with van der Waals surface area (Å²) in [5, 5.41) is 0. The second kappa shape index (κ2) is 11.5. The summed E-state index contributed by atoms with van der Waals surface area (Å²) in [5.41, 5.74) is 5.43. The number of benzene rings is 1. The first-order chi connectivity index (χ1) is 19.9. The number of piperazine rings is 1. The Labute approximate surface area is 241 Å². The first kappa shape index (κ1) is 27.3. The van der Waals surface area contributed by atoms with E-state index in [1.54, 1.807) is 9.47 Å². The van der Waals surface area contributed by atoms with Crippen molar-refractivity contribution in [1.29, 1.82) is 0 Å². The van der Waals surface area contributed by atoms with Crippen LogP contribution in [0.15, 0.2) is 59.7 Å². The van der Waals surface area contributed by atoms with Crippen LogP contribution in [0, 0.1) is 0 Å². The summed E-state index contributed by atoms with van der Waals surface area (Å²) < 4.78 is 7.69. The highest BCUT2D eigenvalue weighted by atomic mass is 16.5. The molecule has 0 spiro atoms. The monoisotopic (exact) mass is 553 g/mol. The molecule has 6 rings (SSSR count). The van der Waals surface area contributed by atoms with Gasteiger partial charge in [-0.1, -0.05) is 24.3 Å². The third-order valence-electron chi connectivity index (χ3n) is 9.00. The molecule has 1 aromatic carbocycles. The molecule has 2 aromatic heterocycles. The molecule has 0 N–H and O–H groups in total. The highest BCUT2D eigenvalue weighted by molar-refractivity contribution is 5.82. The van der Waals surface area contributed by atoms with Gasteiger partial charge in [-0.15, -0.1) is 0 Å². The molecule has 0 saturated carbocycles. The summed E-state index contributed by atoms with van der Waals surface area (Å²) in [7, 11) is 3.68. The van der Waals surface area contributed by atoms with Crippen molar-refractivity contribution in [3.63, 3.8) is 0 Å². The normalized spacial score (nSPS) is 19.6. The second-order valence-corrected chi connectivity index (χ2v) is 11.5. The van der Waals surface area contributed by atoms with E-state index in [9.17, 15) is 9.59 Å². The number of ether oxygens (including phenoxy) is 1. The van der Waals surface area contributed by atoms with Crippen molar-refractivity contribution in [3.8, 4) is 16.9 Å². The smallest absolute Gasteiger partial charge is 0.254 e. The van der Waals surface area contributed by atoms with E-state index in [2.05, 4.69) is 58.4 Å². The van der Waals surface area contributed by atoms with E-state index >= 15 is 0 Å². The lowest BCUT2D eigenvalue weighted by Gasteiger charge is -2.37. The van der Waals surface area contributed by atoms with Crippen LogP contribution in [0.3, 0.4) is 0 Å². The van der Waals surface area contributed by atoms with Gasteiger partial charge in [0.25, 0.3) is 5.56 Å². The van der Waals surface area contributed by atoms with Gasteiger partial charge in [-0.2, -0.15) is 0 Å². The number of piperidine rings is 1. The van der Waals surface area contributed by atoms with E-state index in [-0.39, 0.29) is 17.5 Å². The molecule has 41 heavy (non-hydrogen) atoms. The van der Waals surface area contributed by atoms with Gasteiger partial charge in [0.1, 0.15) is 18.2 Å². The summed E-state index contributed by atoms with van der Waals surface area (Å²) >= 11 is 0. The summed E-state index contributed by atoms with van der Waals surface area (Å²) in [4.78, 5) is 35.8. The molecular formula is C33H39N5O3. The van der Waals surface area contributed by atoms with Gasteiger partial charge in [-0.25, -0.2) is 4.98 Å². The lowest BCUT2D eigenvalue weighted by atomic mass is 9.89. The molecule has 3 aromatic rings. The number of aryl methyl sites for hydroxylation is 1. The fourth-order valence-electron chi connectivity index (χ4n) is 6.38. The molecule has 1 atom stereocenters. The minimum Gasteiger partial charge on any atom is -0.492 e. The lowest BCUT2D eigenvalue weighted by Crippen LogP contribution is -2.55. The van der Waals surface area contributed by atoms with Gasteiger partial charge in [0, 0.05) is 75.9 Å². The summed E-state index contributed by atoms with van der Waals surface area (Å²) in [6, 6.07) is 12.7. The van der Waals surface area contributed by atoms with E-state index < -0.39 is 0 Å². The minimum atomic E-state index is -0.0859. The maximum absolute atomic E-state index is 12.5. The predicted octanol–water partition coefficient (Wildman–Crippen LogP) is 3.94. The number of aromatic nitrogens is 2.